The molecule has 0 fully saturated rings. The van der Waals surface area contributed by atoms with Crippen LogP contribution in [0.4, 0.5) is 11.4 Å². The first kappa shape index (κ1) is 11.9. The Kier molecular flexibility index (Phi) is 4.47. The molecule has 0 amide bonds. The minimum absolute atomic E-state index is 0.900. The van der Waals surface area contributed by atoms with Gasteiger partial charge in [0.1, 0.15) is 0 Å². The van der Waals surface area contributed by atoms with Gasteiger partial charge in [-0.2, -0.15) is 0 Å². The van der Waals surface area contributed by atoms with E-state index in [-0.39, 0.29) is 0 Å². The molecule has 0 unspecified atom stereocenters. The Balaban J connectivity index is 2.98. The van der Waals surface area contributed by atoms with Gasteiger partial charge in [-0.3, -0.25) is 0 Å². The van der Waals surface area contributed by atoms with E-state index in [1.807, 2.05) is 12.1 Å². The third-order valence-corrected chi connectivity index (χ3v) is 2.57. The number of para-hydroxylation sites is 1. The van der Waals surface area contributed by atoms with Crippen LogP contribution in [0.3, 0.4) is 0 Å². The van der Waals surface area contributed by atoms with Gasteiger partial charge >= 0.3 is 0 Å². The van der Waals surface area contributed by atoms with Crippen LogP contribution in [-0.4, -0.2) is 13.1 Å². The number of anilines is 2. The van der Waals surface area contributed by atoms with E-state index in [1.165, 1.54) is 11.3 Å². The van der Waals surface area contributed by atoms with Crippen molar-refractivity contribution in [2.45, 2.75) is 33.6 Å². The summed E-state index contributed by atoms with van der Waals surface area (Å²) >= 11 is 0. The molecule has 0 saturated carbocycles. The van der Waals surface area contributed by atoms with Crippen molar-refractivity contribution in [2.75, 3.05) is 23.7 Å². The zero-order valence-electron chi connectivity index (χ0n) is 10.1. The van der Waals surface area contributed by atoms with Crippen molar-refractivity contribution in [3.05, 3.63) is 23.8 Å². The second-order valence-electron chi connectivity index (χ2n) is 4.00. The molecule has 0 bridgehead atoms. The smallest absolute Gasteiger partial charge is 0.0629 e. The van der Waals surface area contributed by atoms with Gasteiger partial charge in [0, 0.05) is 13.1 Å². The van der Waals surface area contributed by atoms with Gasteiger partial charge in [-0.05, 0) is 31.4 Å². The second-order valence-corrected chi connectivity index (χ2v) is 4.00. The highest BCUT2D eigenvalue weighted by Crippen LogP contribution is 2.27. The van der Waals surface area contributed by atoms with E-state index in [9.17, 15) is 0 Å². The van der Waals surface area contributed by atoms with Crippen LogP contribution in [0.5, 0.6) is 0 Å². The molecule has 0 aromatic heterocycles. The summed E-state index contributed by atoms with van der Waals surface area (Å²) < 4.78 is 0. The molecular weight excluding hydrogens is 184 g/mol. The average Bonchev–Trinajstić information content (AvgIpc) is 2.18. The number of rotatable bonds is 5. The van der Waals surface area contributed by atoms with Gasteiger partial charge in [-0.15, -0.1) is 0 Å². The van der Waals surface area contributed by atoms with Crippen molar-refractivity contribution in [3.63, 3.8) is 0 Å². The number of nitrogen functional groups attached to an aromatic ring is 1. The van der Waals surface area contributed by atoms with E-state index >= 15 is 0 Å². The van der Waals surface area contributed by atoms with Crippen molar-refractivity contribution in [3.8, 4) is 0 Å². The number of aryl methyl sites for hydroxylation is 1. The summed E-state index contributed by atoms with van der Waals surface area (Å²) in [6.45, 7) is 8.71. The monoisotopic (exact) mass is 206 g/mol. The number of hydrogen-bond acceptors (Lipinski definition) is 2. The molecule has 84 valence electrons. The molecule has 1 aromatic rings. The van der Waals surface area contributed by atoms with Crippen molar-refractivity contribution in [1.29, 1.82) is 0 Å². The minimum Gasteiger partial charge on any atom is -0.397 e. The average molecular weight is 206 g/mol. The Bertz CT molecular complexity index is 281. The van der Waals surface area contributed by atoms with Crippen LogP contribution in [0.1, 0.15) is 32.3 Å². The van der Waals surface area contributed by atoms with Gasteiger partial charge in [0.2, 0.25) is 0 Å². The Labute approximate surface area is 93.1 Å². The lowest BCUT2D eigenvalue weighted by Gasteiger charge is -2.27. The molecule has 2 nitrogen and oxygen atoms in total. The number of nitrogens with two attached hydrogens (primary N) is 1. The first-order valence-electron chi connectivity index (χ1n) is 5.80. The molecule has 2 heteroatoms. The fourth-order valence-corrected chi connectivity index (χ4v) is 1.99. The fraction of sp³-hybridized carbons (Fsp3) is 0.538. The second kappa shape index (κ2) is 5.64. The number of benzene rings is 1. The zero-order valence-corrected chi connectivity index (χ0v) is 10.1. The van der Waals surface area contributed by atoms with Crippen molar-refractivity contribution in [2.24, 2.45) is 0 Å². The van der Waals surface area contributed by atoms with Gasteiger partial charge in [-0.1, -0.05) is 26.0 Å². The van der Waals surface area contributed by atoms with Crippen LogP contribution in [-0.2, 0) is 0 Å². The highest BCUT2D eigenvalue weighted by Gasteiger charge is 2.10. The summed E-state index contributed by atoms with van der Waals surface area (Å²) in [4.78, 5) is 2.39. The van der Waals surface area contributed by atoms with E-state index in [1.54, 1.807) is 0 Å². The van der Waals surface area contributed by atoms with Crippen LogP contribution < -0.4 is 10.6 Å². The highest BCUT2D eigenvalue weighted by atomic mass is 15.1. The third-order valence-electron chi connectivity index (χ3n) is 2.57. The quantitative estimate of drug-likeness (QED) is 0.750. The molecule has 0 aliphatic heterocycles. The van der Waals surface area contributed by atoms with Gasteiger partial charge in [0.05, 0.1) is 11.4 Å². The first-order valence-corrected chi connectivity index (χ1v) is 5.80. The summed E-state index contributed by atoms with van der Waals surface area (Å²) in [7, 11) is 0. The molecule has 0 radical (unpaired) electrons. The molecule has 1 rings (SSSR count). The van der Waals surface area contributed by atoms with Gasteiger partial charge in [0.15, 0.2) is 0 Å². The number of hydrogen-bond donors (Lipinski definition) is 1. The van der Waals surface area contributed by atoms with Crippen LogP contribution in [0, 0.1) is 6.92 Å². The zero-order chi connectivity index (χ0) is 11.3. The Morgan fingerprint density at radius 3 is 2.20 bits per heavy atom. The lowest BCUT2D eigenvalue weighted by molar-refractivity contribution is 0.744. The molecular formula is C13H22N2. The molecule has 0 spiro atoms. The minimum atomic E-state index is 0.900. The lowest BCUT2D eigenvalue weighted by Crippen LogP contribution is -2.26. The Morgan fingerprint density at radius 2 is 1.73 bits per heavy atom. The van der Waals surface area contributed by atoms with E-state index in [2.05, 4.69) is 31.7 Å². The summed E-state index contributed by atoms with van der Waals surface area (Å²) in [5, 5.41) is 0. The molecule has 0 heterocycles. The van der Waals surface area contributed by atoms with Crippen LogP contribution in [0.25, 0.3) is 0 Å². The number of nitrogens with zero attached hydrogens (tertiary/aromatic N) is 1. The third kappa shape index (κ3) is 2.88. The summed E-state index contributed by atoms with van der Waals surface area (Å²) in [6.07, 6.45) is 2.32. The lowest BCUT2D eigenvalue weighted by atomic mass is 10.1. The summed E-state index contributed by atoms with van der Waals surface area (Å²) in [5.41, 5.74) is 9.44. The fourth-order valence-electron chi connectivity index (χ4n) is 1.99. The van der Waals surface area contributed by atoms with Crippen LogP contribution in [0.15, 0.2) is 18.2 Å². The molecule has 1 aromatic carbocycles. The maximum atomic E-state index is 6.04. The van der Waals surface area contributed by atoms with E-state index < -0.39 is 0 Å². The maximum absolute atomic E-state index is 6.04. The molecule has 0 saturated heterocycles. The summed E-state index contributed by atoms with van der Waals surface area (Å²) in [6, 6.07) is 6.13. The molecule has 15 heavy (non-hydrogen) atoms. The topological polar surface area (TPSA) is 29.3 Å². The molecule has 0 atom stereocenters. The SMILES string of the molecule is CCCN(CCC)c1c(C)cccc1N. The standard InChI is InChI=1S/C13H22N2/c1-4-9-15(10-5-2)13-11(3)7-6-8-12(13)14/h6-8H,4-5,9-10,14H2,1-3H3. The van der Waals surface area contributed by atoms with Crippen molar-refractivity contribution >= 4 is 11.4 Å². The van der Waals surface area contributed by atoms with Gasteiger partial charge in [-0.25, -0.2) is 0 Å². The first-order chi connectivity index (χ1) is 7.20. The van der Waals surface area contributed by atoms with Crippen molar-refractivity contribution in [1.82, 2.24) is 0 Å². The van der Waals surface area contributed by atoms with Gasteiger partial charge < -0.3 is 10.6 Å². The molecule has 0 aliphatic carbocycles. The van der Waals surface area contributed by atoms with Crippen LogP contribution >= 0.6 is 0 Å². The molecule has 2 N–H and O–H groups in total. The van der Waals surface area contributed by atoms with E-state index in [0.717, 1.165) is 31.6 Å². The Morgan fingerprint density at radius 1 is 1.13 bits per heavy atom. The summed E-state index contributed by atoms with van der Waals surface area (Å²) in [5.74, 6) is 0. The van der Waals surface area contributed by atoms with Crippen LogP contribution in [0.2, 0.25) is 0 Å². The van der Waals surface area contributed by atoms with E-state index in [0.29, 0.717) is 0 Å². The molecule has 0 aliphatic rings. The Hall–Kier alpha value is -1.18. The van der Waals surface area contributed by atoms with Gasteiger partial charge in [0.25, 0.3) is 0 Å². The highest BCUT2D eigenvalue weighted by molar-refractivity contribution is 5.71. The maximum Gasteiger partial charge on any atom is 0.0629 e. The van der Waals surface area contributed by atoms with Crippen molar-refractivity contribution < 1.29 is 0 Å². The van der Waals surface area contributed by atoms with E-state index in [4.69, 9.17) is 5.73 Å². The largest absolute Gasteiger partial charge is 0.397 e. The normalized spacial score (nSPS) is 10.3. The predicted octanol–water partition coefficient (Wildman–Crippen LogP) is 3.20. The predicted molar refractivity (Wildman–Crippen MR) is 68.4 cm³/mol.